The Morgan fingerprint density at radius 2 is 2.36 bits per heavy atom. The summed E-state index contributed by atoms with van der Waals surface area (Å²) < 4.78 is 0. The summed E-state index contributed by atoms with van der Waals surface area (Å²) in [5.74, 6) is -0.993. The molecule has 2 rings (SSSR count). The van der Waals surface area contributed by atoms with Crippen LogP contribution in [0.3, 0.4) is 0 Å². The van der Waals surface area contributed by atoms with Crippen LogP contribution in [0.5, 0.6) is 0 Å². The summed E-state index contributed by atoms with van der Waals surface area (Å²) >= 11 is 0. The van der Waals surface area contributed by atoms with Crippen LogP contribution in [0.2, 0.25) is 0 Å². The smallest absolute Gasteiger partial charge is 0.325 e. The zero-order chi connectivity index (χ0) is 10.1. The van der Waals surface area contributed by atoms with Gasteiger partial charge in [0.05, 0.1) is 0 Å². The van der Waals surface area contributed by atoms with Crippen molar-refractivity contribution in [2.75, 3.05) is 11.9 Å². The van der Waals surface area contributed by atoms with Gasteiger partial charge in [-0.15, -0.1) is 0 Å². The van der Waals surface area contributed by atoms with Crippen LogP contribution < -0.4 is 11.1 Å². The molecule has 14 heavy (non-hydrogen) atoms. The quantitative estimate of drug-likeness (QED) is 0.646. The molecule has 0 spiro atoms. The largest absolute Gasteiger partial charge is 0.480 e. The third kappa shape index (κ3) is 1.33. The molecule has 1 aromatic carbocycles. The first-order valence-electron chi connectivity index (χ1n) is 4.54. The Hall–Kier alpha value is -1.55. The van der Waals surface area contributed by atoms with Gasteiger partial charge in [-0.2, -0.15) is 0 Å². The SMILES string of the molecule is NC(C(=O)O)c1cccc2c1NCC2. The van der Waals surface area contributed by atoms with Crippen LogP contribution in [0.15, 0.2) is 18.2 Å². The van der Waals surface area contributed by atoms with E-state index >= 15 is 0 Å². The van der Waals surface area contributed by atoms with Crippen LogP contribution in [0.25, 0.3) is 0 Å². The van der Waals surface area contributed by atoms with Gasteiger partial charge in [-0.3, -0.25) is 4.79 Å². The predicted octanol–water partition coefficient (Wildman–Crippen LogP) is 0.739. The number of hydrogen-bond donors (Lipinski definition) is 3. The molecule has 0 saturated heterocycles. The van der Waals surface area contributed by atoms with Gasteiger partial charge in [0.1, 0.15) is 6.04 Å². The molecule has 0 aliphatic carbocycles. The molecule has 0 amide bonds. The standard InChI is InChI=1S/C10H12N2O2/c11-8(10(13)14)7-3-1-2-6-4-5-12-9(6)7/h1-3,8,12H,4-5,11H2,(H,13,14). The van der Waals surface area contributed by atoms with E-state index in [-0.39, 0.29) is 0 Å². The maximum Gasteiger partial charge on any atom is 0.325 e. The Balaban J connectivity index is 2.44. The maximum atomic E-state index is 10.7. The molecule has 1 aromatic rings. The number of fused-ring (bicyclic) bond motifs is 1. The number of nitrogens with one attached hydrogen (secondary N) is 1. The van der Waals surface area contributed by atoms with Crippen LogP contribution in [0, 0.1) is 0 Å². The second-order valence-corrected chi connectivity index (χ2v) is 3.37. The van der Waals surface area contributed by atoms with Crippen LogP contribution in [-0.2, 0) is 11.2 Å². The maximum absolute atomic E-state index is 10.7. The normalized spacial score (nSPS) is 15.8. The van der Waals surface area contributed by atoms with Crippen molar-refractivity contribution in [3.8, 4) is 0 Å². The second-order valence-electron chi connectivity index (χ2n) is 3.37. The highest BCUT2D eigenvalue weighted by molar-refractivity contribution is 5.79. The molecule has 1 atom stereocenters. The van der Waals surface area contributed by atoms with Crippen molar-refractivity contribution in [3.63, 3.8) is 0 Å². The molecule has 4 nitrogen and oxygen atoms in total. The second kappa shape index (κ2) is 3.31. The van der Waals surface area contributed by atoms with Crippen LogP contribution in [0.4, 0.5) is 5.69 Å². The average Bonchev–Trinajstić information content (AvgIpc) is 2.63. The van der Waals surface area contributed by atoms with Gasteiger partial charge in [-0.25, -0.2) is 0 Å². The van der Waals surface area contributed by atoms with E-state index in [9.17, 15) is 4.79 Å². The lowest BCUT2D eigenvalue weighted by Gasteiger charge is -2.12. The summed E-state index contributed by atoms with van der Waals surface area (Å²) in [7, 11) is 0. The Morgan fingerprint density at radius 3 is 3.07 bits per heavy atom. The molecule has 1 aliphatic heterocycles. The zero-order valence-corrected chi connectivity index (χ0v) is 7.66. The number of carboxylic acids is 1. The molecule has 74 valence electrons. The highest BCUT2D eigenvalue weighted by Gasteiger charge is 2.21. The summed E-state index contributed by atoms with van der Waals surface area (Å²) in [6.45, 7) is 0.860. The van der Waals surface area contributed by atoms with Crippen LogP contribution >= 0.6 is 0 Å². The molecule has 1 unspecified atom stereocenters. The lowest BCUT2D eigenvalue weighted by atomic mass is 10.0. The van der Waals surface area contributed by atoms with Crippen molar-refractivity contribution in [3.05, 3.63) is 29.3 Å². The van der Waals surface area contributed by atoms with Gasteiger partial charge in [0.2, 0.25) is 0 Å². The lowest BCUT2D eigenvalue weighted by Crippen LogP contribution is -2.21. The van der Waals surface area contributed by atoms with E-state index in [0.29, 0.717) is 5.56 Å². The molecule has 0 saturated carbocycles. The number of rotatable bonds is 2. The summed E-state index contributed by atoms with van der Waals surface area (Å²) in [6, 6.07) is 4.67. The molecule has 0 aromatic heterocycles. The van der Waals surface area contributed by atoms with E-state index in [1.165, 1.54) is 0 Å². The first-order chi connectivity index (χ1) is 6.70. The van der Waals surface area contributed by atoms with Crippen LogP contribution in [-0.4, -0.2) is 17.6 Å². The number of para-hydroxylation sites is 1. The van der Waals surface area contributed by atoms with Gasteiger partial charge in [0, 0.05) is 17.8 Å². The summed E-state index contributed by atoms with van der Waals surface area (Å²) in [5.41, 5.74) is 8.30. The number of benzene rings is 1. The highest BCUT2D eigenvalue weighted by atomic mass is 16.4. The molecule has 0 bridgehead atoms. The van der Waals surface area contributed by atoms with Gasteiger partial charge in [-0.1, -0.05) is 18.2 Å². The van der Waals surface area contributed by atoms with Crippen molar-refractivity contribution in [2.24, 2.45) is 5.73 Å². The summed E-state index contributed by atoms with van der Waals surface area (Å²) in [6.07, 6.45) is 0.940. The van der Waals surface area contributed by atoms with Crippen molar-refractivity contribution < 1.29 is 9.90 Å². The number of aliphatic carboxylic acids is 1. The number of carbonyl (C=O) groups is 1. The summed E-state index contributed by atoms with van der Waals surface area (Å²) in [4.78, 5) is 10.7. The summed E-state index contributed by atoms with van der Waals surface area (Å²) in [5, 5.41) is 12.0. The van der Waals surface area contributed by atoms with E-state index in [2.05, 4.69) is 5.32 Å². The third-order valence-electron chi connectivity index (χ3n) is 2.48. The molecule has 1 aliphatic rings. The van der Waals surface area contributed by atoms with Crippen molar-refractivity contribution in [1.29, 1.82) is 0 Å². The number of carboxylic acid groups (broad SMARTS) is 1. The first-order valence-corrected chi connectivity index (χ1v) is 4.54. The van der Waals surface area contributed by atoms with Crippen LogP contribution in [0.1, 0.15) is 17.2 Å². The number of hydrogen-bond acceptors (Lipinski definition) is 3. The molecular weight excluding hydrogens is 180 g/mol. The van der Waals surface area contributed by atoms with Gasteiger partial charge in [-0.05, 0) is 12.0 Å². The van der Waals surface area contributed by atoms with Gasteiger partial charge in [0.15, 0.2) is 0 Å². The van der Waals surface area contributed by atoms with E-state index in [0.717, 1.165) is 24.2 Å². The average molecular weight is 192 g/mol. The van der Waals surface area contributed by atoms with E-state index in [1.807, 2.05) is 12.1 Å². The van der Waals surface area contributed by atoms with Gasteiger partial charge in [0.25, 0.3) is 0 Å². The minimum Gasteiger partial charge on any atom is -0.480 e. The molecule has 4 N–H and O–H groups in total. The van der Waals surface area contributed by atoms with Crippen molar-refractivity contribution in [2.45, 2.75) is 12.5 Å². The third-order valence-corrected chi connectivity index (χ3v) is 2.48. The fraction of sp³-hybridized carbons (Fsp3) is 0.300. The van der Waals surface area contributed by atoms with Crippen molar-refractivity contribution >= 4 is 11.7 Å². The number of nitrogens with two attached hydrogens (primary N) is 1. The van der Waals surface area contributed by atoms with E-state index in [4.69, 9.17) is 10.8 Å². The Kier molecular flexibility index (Phi) is 2.13. The minimum absolute atomic E-state index is 0.674. The lowest BCUT2D eigenvalue weighted by molar-refractivity contribution is -0.138. The van der Waals surface area contributed by atoms with E-state index < -0.39 is 12.0 Å². The fourth-order valence-electron chi connectivity index (χ4n) is 1.76. The molecule has 0 fully saturated rings. The van der Waals surface area contributed by atoms with Gasteiger partial charge < -0.3 is 16.2 Å². The predicted molar refractivity (Wildman–Crippen MR) is 53.2 cm³/mol. The minimum atomic E-state index is -0.993. The monoisotopic (exact) mass is 192 g/mol. The van der Waals surface area contributed by atoms with Crippen molar-refractivity contribution in [1.82, 2.24) is 0 Å². The molecular formula is C10H12N2O2. The molecule has 1 heterocycles. The Labute approximate surface area is 81.7 Å². The first kappa shape index (κ1) is 9.02. The molecule has 0 radical (unpaired) electrons. The zero-order valence-electron chi connectivity index (χ0n) is 7.66. The fourth-order valence-corrected chi connectivity index (χ4v) is 1.76. The van der Waals surface area contributed by atoms with Gasteiger partial charge >= 0.3 is 5.97 Å². The highest BCUT2D eigenvalue weighted by Crippen LogP contribution is 2.29. The Bertz CT molecular complexity index is 376. The topological polar surface area (TPSA) is 75.4 Å². The Morgan fingerprint density at radius 1 is 1.57 bits per heavy atom. The number of anilines is 1. The van der Waals surface area contributed by atoms with E-state index in [1.54, 1.807) is 6.07 Å². The molecule has 4 heteroatoms.